The van der Waals surface area contributed by atoms with Crippen molar-refractivity contribution < 1.29 is 17.9 Å². The summed E-state index contributed by atoms with van der Waals surface area (Å²) in [7, 11) is -1.70. The molecule has 0 unspecified atom stereocenters. The van der Waals surface area contributed by atoms with Crippen molar-refractivity contribution in [1.29, 1.82) is 0 Å². The van der Waals surface area contributed by atoms with E-state index in [2.05, 4.69) is 9.62 Å². The minimum atomic E-state index is -3.67. The standard InChI is InChI=1S/C18H22N2O4S/c1-13(2)24-15-5-7-16(8-6-15)25(21,22)19-14-4-9-17-18(12-14)23-11-10-20(17)3/h4-9,12-13,19H,10-11H2,1-3H3. The van der Waals surface area contributed by atoms with E-state index >= 15 is 0 Å². The van der Waals surface area contributed by atoms with Crippen LogP contribution < -0.4 is 19.1 Å². The van der Waals surface area contributed by atoms with Gasteiger partial charge in [-0.05, 0) is 50.2 Å². The van der Waals surface area contributed by atoms with Gasteiger partial charge < -0.3 is 14.4 Å². The van der Waals surface area contributed by atoms with E-state index < -0.39 is 10.0 Å². The molecule has 0 aromatic heterocycles. The molecule has 6 nitrogen and oxygen atoms in total. The van der Waals surface area contributed by atoms with Crippen molar-refractivity contribution in [2.75, 3.05) is 29.8 Å². The lowest BCUT2D eigenvalue weighted by Gasteiger charge is -2.28. The van der Waals surface area contributed by atoms with Crippen LogP contribution >= 0.6 is 0 Å². The van der Waals surface area contributed by atoms with E-state index in [1.165, 1.54) is 12.1 Å². The van der Waals surface area contributed by atoms with Crippen LogP contribution in [0.1, 0.15) is 13.8 Å². The molecule has 0 fully saturated rings. The summed E-state index contributed by atoms with van der Waals surface area (Å²) in [5.74, 6) is 1.31. The van der Waals surface area contributed by atoms with Crippen LogP contribution in [0.5, 0.6) is 11.5 Å². The molecular weight excluding hydrogens is 340 g/mol. The monoisotopic (exact) mass is 362 g/mol. The van der Waals surface area contributed by atoms with Gasteiger partial charge in [0.15, 0.2) is 0 Å². The molecule has 0 radical (unpaired) electrons. The van der Waals surface area contributed by atoms with Gasteiger partial charge in [0, 0.05) is 13.1 Å². The summed E-state index contributed by atoms with van der Waals surface area (Å²) in [5, 5.41) is 0. The largest absolute Gasteiger partial charge is 0.491 e. The zero-order valence-electron chi connectivity index (χ0n) is 14.5. The maximum Gasteiger partial charge on any atom is 0.261 e. The molecule has 1 heterocycles. The third kappa shape index (κ3) is 3.99. The third-order valence-electron chi connectivity index (χ3n) is 3.81. The van der Waals surface area contributed by atoms with Crippen molar-refractivity contribution in [3.8, 4) is 11.5 Å². The highest BCUT2D eigenvalue weighted by Gasteiger charge is 2.18. The number of benzene rings is 2. The predicted octanol–water partition coefficient (Wildman–Crippen LogP) is 3.10. The number of anilines is 2. The Morgan fingerprint density at radius 2 is 1.88 bits per heavy atom. The third-order valence-corrected chi connectivity index (χ3v) is 5.21. The number of hydrogen-bond donors (Lipinski definition) is 1. The number of rotatable bonds is 5. The van der Waals surface area contributed by atoms with E-state index in [1.54, 1.807) is 24.3 Å². The smallest absolute Gasteiger partial charge is 0.261 e. The Hall–Kier alpha value is -2.41. The van der Waals surface area contributed by atoms with Crippen LogP contribution in [0.3, 0.4) is 0 Å². The number of fused-ring (bicyclic) bond motifs is 1. The van der Waals surface area contributed by atoms with Gasteiger partial charge in [0.1, 0.15) is 18.1 Å². The molecule has 1 aliphatic heterocycles. The molecule has 0 saturated carbocycles. The maximum absolute atomic E-state index is 12.6. The molecular formula is C18H22N2O4S. The summed E-state index contributed by atoms with van der Waals surface area (Å²) in [4.78, 5) is 2.25. The van der Waals surface area contributed by atoms with E-state index in [0.29, 0.717) is 23.8 Å². The summed E-state index contributed by atoms with van der Waals surface area (Å²) in [6, 6.07) is 11.7. The van der Waals surface area contributed by atoms with E-state index in [1.807, 2.05) is 27.0 Å². The summed E-state index contributed by atoms with van der Waals surface area (Å²) >= 11 is 0. The zero-order valence-corrected chi connectivity index (χ0v) is 15.3. The number of nitrogens with one attached hydrogen (secondary N) is 1. The van der Waals surface area contributed by atoms with Gasteiger partial charge in [-0.3, -0.25) is 4.72 Å². The fourth-order valence-corrected chi connectivity index (χ4v) is 3.65. The average Bonchev–Trinajstić information content (AvgIpc) is 2.54. The Labute approximate surface area is 148 Å². The fourth-order valence-electron chi connectivity index (χ4n) is 2.61. The molecule has 0 bridgehead atoms. The Kier molecular flexibility index (Phi) is 4.76. The minimum absolute atomic E-state index is 0.0363. The van der Waals surface area contributed by atoms with Crippen molar-refractivity contribution in [2.45, 2.75) is 24.8 Å². The summed E-state index contributed by atoms with van der Waals surface area (Å²) < 4.78 is 38.9. The van der Waals surface area contributed by atoms with Crippen LogP contribution in [0.25, 0.3) is 0 Å². The van der Waals surface area contributed by atoms with Crippen molar-refractivity contribution in [3.05, 3.63) is 42.5 Å². The highest BCUT2D eigenvalue weighted by molar-refractivity contribution is 7.92. The Morgan fingerprint density at radius 1 is 1.16 bits per heavy atom. The van der Waals surface area contributed by atoms with Gasteiger partial charge in [0.25, 0.3) is 10.0 Å². The van der Waals surface area contributed by atoms with Crippen LogP contribution in [0.2, 0.25) is 0 Å². The maximum atomic E-state index is 12.6. The minimum Gasteiger partial charge on any atom is -0.491 e. The quantitative estimate of drug-likeness (QED) is 0.885. The summed E-state index contributed by atoms with van der Waals surface area (Å²) in [6.45, 7) is 5.23. The zero-order chi connectivity index (χ0) is 18.0. The lowest BCUT2D eigenvalue weighted by atomic mass is 10.2. The molecule has 0 amide bonds. The second-order valence-electron chi connectivity index (χ2n) is 6.20. The van der Waals surface area contributed by atoms with Gasteiger partial charge in [0.05, 0.1) is 28.9 Å². The van der Waals surface area contributed by atoms with Gasteiger partial charge in [-0.15, -0.1) is 0 Å². The molecule has 7 heteroatoms. The highest BCUT2D eigenvalue weighted by Crippen LogP contribution is 2.33. The summed E-state index contributed by atoms with van der Waals surface area (Å²) in [5.41, 5.74) is 1.42. The summed E-state index contributed by atoms with van der Waals surface area (Å²) in [6.07, 6.45) is 0.0363. The van der Waals surface area contributed by atoms with Gasteiger partial charge in [-0.2, -0.15) is 0 Å². The number of likely N-dealkylation sites (N-methyl/N-ethyl adjacent to an activating group) is 1. The van der Waals surface area contributed by atoms with Gasteiger partial charge in [-0.1, -0.05) is 0 Å². The van der Waals surface area contributed by atoms with Crippen LogP contribution in [0, 0.1) is 0 Å². The predicted molar refractivity (Wildman–Crippen MR) is 98.2 cm³/mol. The van der Waals surface area contributed by atoms with Crippen LogP contribution in [-0.4, -0.2) is 34.7 Å². The Balaban J connectivity index is 1.79. The molecule has 1 aliphatic rings. The molecule has 0 atom stereocenters. The molecule has 3 rings (SSSR count). The van der Waals surface area contributed by atoms with Crippen LogP contribution in [0.15, 0.2) is 47.4 Å². The topological polar surface area (TPSA) is 67.9 Å². The van der Waals surface area contributed by atoms with E-state index in [9.17, 15) is 8.42 Å². The van der Waals surface area contributed by atoms with E-state index in [0.717, 1.165) is 12.2 Å². The molecule has 0 saturated heterocycles. The first-order chi connectivity index (χ1) is 11.8. The molecule has 134 valence electrons. The van der Waals surface area contributed by atoms with E-state index in [-0.39, 0.29) is 11.0 Å². The first kappa shape index (κ1) is 17.4. The van der Waals surface area contributed by atoms with Crippen molar-refractivity contribution in [3.63, 3.8) is 0 Å². The van der Waals surface area contributed by atoms with Crippen molar-refractivity contribution in [2.24, 2.45) is 0 Å². The average molecular weight is 362 g/mol. The Morgan fingerprint density at radius 3 is 2.56 bits per heavy atom. The number of ether oxygens (including phenoxy) is 2. The molecule has 0 aliphatic carbocycles. The first-order valence-electron chi connectivity index (χ1n) is 8.13. The van der Waals surface area contributed by atoms with Crippen LogP contribution in [-0.2, 0) is 10.0 Å². The normalized spacial score (nSPS) is 14.0. The van der Waals surface area contributed by atoms with Crippen molar-refractivity contribution >= 4 is 21.4 Å². The number of sulfonamides is 1. The molecule has 2 aromatic carbocycles. The van der Waals surface area contributed by atoms with Crippen LogP contribution in [0.4, 0.5) is 11.4 Å². The number of nitrogens with zero attached hydrogens (tertiary/aromatic N) is 1. The second-order valence-corrected chi connectivity index (χ2v) is 7.88. The molecule has 2 aromatic rings. The van der Waals surface area contributed by atoms with Crippen molar-refractivity contribution in [1.82, 2.24) is 0 Å². The van der Waals surface area contributed by atoms with Gasteiger partial charge >= 0.3 is 0 Å². The number of hydrogen-bond acceptors (Lipinski definition) is 5. The second kappa shape index (κ2) is 6.84. The fraction of sp³-hybridized carbons (Fsp3) is 0.333. The lowest BCUT2D eigenvalue weighted by Crippen LogP contribution is -2.28. The first-order valence-corrected chi connectivity index (χ1v) is 9.61. The lowest BCUT2D eigenvalue weighted by molar-refractivity contribution is 0.242. The Bertz CT molecular complexity index is 848. The van der Waals surface area contributed by atoms with E-state index in [4.69, 9.17) is 9.47 Å². The SMILES string of the molecule is CC(C)Oc1ccc(S(=O)(=O)Nc2ccc3c(c2)OCCN3C)cc1. The molecule has 25 heavy (non-hydrogen) atoms. The molecule has 0 spiro atoms. The highest BCUT2D eigenvalue weighted by atomic mass is 32.2. The van der Waals surface area contributed by atoms with Gasteiger partial charge in [0.2, 0.25) is 0 Å². The molecule has 1 N–H and O–H groups in total. The van der Waals surface area contributed by atoms with Gasteiger partial charge in [-0.25, -0.2) is 8.42 Å².